The lowest BCUT2D eigenvalue weighted by Gasteiger charge is -2.31. The second kappa shape index (κ2) is 7.57. The van der Waals surface area contributed by atoms with Crippen molar-refractivity contribution >= 4 is 5.97 Å². The van der Waals surface area contributed by atoms with E-state index in [9.17, 15) is 4.79 Å². The molecular weight excluding hydrogens is 304 g/mol. The average molecular weight is 328 g/mol. The highest BCUT2D eigenvalue weighted by atomic mass is 16.4. The molecule has 1 N–H and O–H groups in total. The van der Waals surface area contributed by atoms with Crippen molar-refractivity contribution in [2.24, 2.45) is 0 Å². The van der Waals surface area contributed by atoms with Gasteiger partial charge < -0.3 is 10.0 Å². The van der Waals surface area contributed by atoms with Gasteiger partial charge in [0.2, 0.25) is 0 Å². The monoisotopic (exact) mass is 328 g/mol. The molecule has 1 atom stereocenters. The Labute approximate surface area is 142 Å². The number of carbonyl (C=O) groups is 1. The van der Waals surface area contributed by atoms with Gasteiger partial charge in [0, 0.05) is 43.0 Å². The number of nitrogens with zero attached hydrogens (tertiary/aromatic N) is 4. The lowest BCUT2D eigenvalue weighted by Crippen LogP contribution is -2.36. The van der Waals surface area contributed by atoms with Gasteiger partial charge in [0.15, 0.2) is 0 Å². The van der Waals surface area contributed by atoms with E-state index in [1.165, 1.54) is 4.68 Å². The van der Waals surface area contributed by atoms with Crippen molar-refractivity contribution in [3.63, 3.8) is 0 Å². The first-order chi connectivity index (χ1) is 11.6. The first-order valence-corrected chi connectivity index (χ1v) is 8.50. The van der Waals surface area contributed by atoms with Gasteiger partial charge in [0.1, 0.15) is 6.54 Å². The molecule has 1 aliphatic heterocycles. The molecule has 2 aromatic rings. The Morgan fingerprint density at radius 1 is 1.38 bits per heavy atom. The SMILES string of the molecule is Cc1cccc(CCN2CCCC(c3ccn(CC(=O)O)n3)C2)n1. The maximum absolute atomic E-state index is 10.8. The number of piperidine rings is 1. The number of aliphatic carboxylic acids is 1. The van der Waals surface area contributed by atoms with Crippen molar-refractivity contribution in [2.45, 2.75) is 38.6 Å². The molecule has 2 aromatic heterocycles. The molecule has 1 unspecified atom stereocenters. The summed E-state index contributed by atoms with van der Waals surface area (Å²) in [7, 11) is 0. The number of hydrogen-bond acceptors (Lipinski definition) is 4. The van der Waals surface area contributed by atoms with Gasteiger partial charge in [0.05, 0.1) is 5.69 Å². The van der Waals surface area contributed by atoms with Gasteiger partial charge >= 0.3 is 5.97 Å². The Morgan fingerprint density at radius 3 is 3.04 bits per heavy atom. The molecule has 0 radical (unpaired) electrons. The van der Waals surface area contributed by atoms with Crippen molar-refractivity contribution in [1.82, 2.24) is 19.7 Å². The average Bonchev–Trinajstić information content (AvgIpc) is 3.01. The van der Waals surface area contributed by atoms with Gasteiger partial charge in [-0.15, -0.1) is 0 Å². The third-order valence-electron chi connectivity index (χ3n) is 4.51. The minimum Gasteiger partial charge on any atom is -0.480 e. The number of carboxylic acids is 1. The molecule has 1 fully saturated rings. The predicted molar refractivity (Wildman–Crippen MR) is 91.0 cm³/mol. The fourth-order valence-corrected chi connectivity index (χ4v) is 3.33. The van der Waals surface area contributed by atoms with Crippen LogP contribution in [0.1, 0.15) is 35.8 Å². The van der Waals surface area contributed by atoms with Crippen molar-refractivity contribution in [3.05, 3.63) is 47.5 Å². The van der Waals surface area contributed by atoms with Crippen LogP contribution in [-0.2, 0) is 17.8 Å². The Morgan fingerprint density at radius 2 is 2.25 bits per heavy atom. The Kier molecular flexibility index (Phi) is 5.25. The second-order valence-electron chi connectivity index (χ2n) is 6.49. The maximum atomic E-state index is 10.8. The summed E-state index contributed by atoms with van der Waals surface area (Å²) in [5.41, 5.74) is 3.21. The summed E-state index contributed by atoms with van der Waals surface area (Å²) in [6.45, 7) is 5.04. The van der Waals surface area contributed by atoms with E-state index in [4.69, 9.17) is 5.11 Å². The van der Waals surface area contributed by atoms with Crippen LogP contribution in [-0.4, -0.2) is 50.4 Å². The molecule has 0 aliphatic carbocycles. The fraction of sp³-hybridized carbons (Fsp3) is 0.500. The van der Waals surface area contributed by atoms with Crippen molar-refractivity contribution in [1.29, 1.82) is 0 Å². The van der Waals surface area contributed by atoms with Gasteiger partial charge in [-0.05, 0) is 44.5 Å². The van der Waals surface area contributed by atoms with Gasteiger partial charge in [-0.2, -0.15) is 5.10 Å². The van der Waals surface area contributed by atoms with Crippen molar-refractivity contribution in [2.75, 3.05) is 19.6 Å². The zero-order valence-electron chi connectivity index (χ0n) is 14.1. The number of rotatable bonds is 6. The predicted octanol–water partition coefficient (Wildman–Crippen LogP) is 2.09. The fourth-order valence-electron chi connectivity index (χ4n) is 3.33. The Balaban J connectivity index is 1.56. The summed E-state index contributed by atoms with van der Waals surface area (Å²) in [5, 5.41) is 13.3. The molecule has 0 aromatic carbocycles. The quantitative estimate of drug-likeness (QED) is 0.879. The van der Waals surface area contributed by atoms with Gasteiger partial charge in [-0.25, -0.2) is 0 Å². The molecule has 3 heterocycles. The van der Waals surface area contributed by atoms with Crippen molar-refractivity contribution < 1.29 is 9.90 Å². The smallest absolute Gasteiger partial charge is 0.325 e. The molecule has 0 spiro atoms. The van der Waals surface area contributed by atoms with E-state index in [0.717, 1.165) is 56.0 Å². The molecule has 0 saturated carbocycles. The van der Waals surface area contributed by atoms with E-state index >= 15 is 0 Å². The molecule has 3 rings (SSSR count). The zero-order valence-corrected chi connectivity index (χ0v) is 14.1. The maximum Gasteiger partial charge on any atom is 0.325 e. The summed E-state index contributed by atoms with van der Waals surface area (Å²) < 4.78 is 1.51. The van der Waals surface area contributed by atoms with Crippen LogP contribution in [0.25, 0.3) is 0 Å². The van der Waals surface area contributed by atoms with E-state index in [1.807, 2.05) is 19.1 Å². The minimum atomic E-state index is -0.861. The highest BCUT2D eigenvalue weighted by Gasteiger charge is 2.23. The first kappa shape index (κ1) is 16.6. The van der Waals surface area contributed by atoms with E-state index in [1.54, 1.807) is 6.20 Å². The minimum absolute atomic E-state index is 0.0739. The van der Waals surface area contributed by atoms with Gasteiger partial charge in [-0.3, -0.25) is 14.5 Å². The molecule has 6 nitrogen and oxygen atoms in total. The summed E-state index contributed by atoms with van der Waals surface area (Å²) in [5.74, 6) is -0.472. The molecule has 128 valence electrons. The Bertz CT molecular complexity index is 698. The van der Waals surface area contributed by atoms with Gasteiger partial charge in [-0.1, -0.05) is 6.07 Å². The molecule has 24 heavy (non-hydrogen) atoms. The van der Waals surface area contributed by atoms with E-state index < -0.39 is 5.97 Å². The van der Waals surface area contributed by atoms with E-state index in [0.29, 0.717) is 5.92 Å². The molecule has 0 bridgehead atoms. The number of aromatic nitrogens is 3. The van der Waals surface area contributed by atoms with E-state index in [2.05, 4.69) is 27.1 Å². The van der Waals surface area contributed by atoms with Gasteiger partial charge in [0.25, 0.3) is 0 Å². The summed E-state index contributed by atoms with van der Waals surface area (Å²) in [6.07, 6.45) is 4.99. The number of hydrogen-bond donors (Lipinski definition) is 1. The lowest BCUT2D eigenvalue weighted by atomic mass is 9.95. The number of pyridine rings is 1. The van der Waals surface area contributed by atoms with Crippen molar-refractivity contribution in [3.8, 4) is 0 Å². The van der Waals surface area contributed by atoms with Crippen LogP contribution in [0.4, 0.5) is 0 Å². The largest absolute Gasteiger partial charge is 0.480 e. The normalized spacial score (nSPS) is 18.6. The third kappa shape index (κ3) is 4.41. The zero-order chi connectivity index (χ0) is 16.9. The number of aryl methyl sites for hydroxylation is 1. The number of likely N-dealkylation sites (tertiary alicyclic amines) is 1. The van der Waals surface area contributed by atoms with Crippen LogP contribution in [0.3, 0.4) is 0 Å². The van der Waals surface area contributed by atoms with Crippen LogP contribution in [0, 0.1) is 6.92 Å². The number of carboxylic acid groups (broad SMARTS) is 1. The van der Waals surface area contributed by atoms with Crippen LogP contribution in [0.5, 0.6) is 0 Å². The molecule has 1 saturated heterocycles. The van der Waals surface area contributed by atoms with Crippen LogP contribution in [0.2, 0.25) is 0 Å². The second-order valence-corrected chi connectivity index (χ2v) is 6.49. The summed E-state index contributed by atoms with van der Waals surface area (Å²) >= 11 is 0. The molecular formula is C18H24N4O2. The van der Waals surface area contributed by atoms with Crippen LogP contribution >= 0.6 is 0 Å². The standard InChI is InChI=1S/C18H24N4O2/c1-14-4-2-6-16(19-14)7-10-21-9-3-5-15(12-21)17-8-11-22(20-17)13-18(23)24/h2,4,6,8,11,15H,3,5,7,9-10,12-13H2,1H3,(H,23,24). The summed E-state index contributed by atoms with van der Waals surface area (Å²) in [4.78, 5) is 17.8. The van der Waals surface area contributed by atoms with E-state index in [-0.39, 0.29) is 6.54 Å². The Hall–Kier alpha value is -2.21. The molecule has 1 aliphatic rings. The van der Waals surface area contributed by atoms with Crippen LogP contribution < -0.4 is 0 Å². The lowest BCUT2D eigenvalue weighted by molar-refractivity contribution is -0.137. The molecule has 6 heteroatoms. The highest BCUT2D eigenvalue weighted by molar-refractivity contribution is 5.66. The molecule has 0 amide bonds. The third-order valence-corrected chi connectivity index (χ3v) is 4.51. The summed E-state index contributed by atoms with van der Waals surface area (Å²) in [6, 6.07) is 8.13. The van der Waals surface area contributed by atoms with Crippen LogP contribution in [0.15, 0.2) is 30.5 Å². The highest BCUT2D eigenvalue weighted by Crippen LogP contribution is 2.25. The first-order valence-electron chi connectivity index (χ1n) is 8.50. The topological polar surface area (TPSA) is 71.2 Å².